The van der Waals surface area contributed by atoms with Crippen LogP contribution >= 0.6 is 15.9 Å². The molecule has 1 aliphatic rings. The molecule has 1 aromatic rings. The van der Waals surface area contributed by atoms with Crippen molar-refractivity contribution in [3.63, 3.8) is 0 Å². The number of rotatable bonds is 3. The molecular formula is C13H16BrF3N2. The van der Waals surface area contributed by atoms with Gasteiger partial charge in [-0.2, -0.15) is 13.2 Å². The maximum Gasteiger partial charge on any atom is 0.419 e. The van der Waals surface area contributed by atoms with Crippen LogP contribution in [0.15, 0.2) is 16.7 Å². The quantitative estimate of drug-likeness (QED) is 0.852. The lowest BCUT2D eigenvalue weighted by Crippen LogP contribution is -2.24. The molecule has 2 rings (SSSR count). The van der Waals surface area contributed by atoms with Crippen molar-refractivity contribution in [3.8, 4) is 0 Å². The summed E-state index contributed by atoms with van der Waals surface area (Å²) in [5.41, 5.74) is -0.638. The normalized spacial score (nSPS) is 18.6. The lowest BCUT2D eigenvalue weighted by Gasteiger charge is -2.25. The Morgan fingerprint density at radius 1 is 1.37 bits per heavy atom. The first-order chi connectivity index (χ1) is 8.80. The second kappa shape index (κ2) is 5.31. The molecule has 0 atom stereocenters. The van der Waals surface area contributed by atoms with Crippen molar-refractivity contribution in [2.75, 3.05) is 11.9 Å². The minimum Gasteiger partial charge on any atom is -0.369 e. The highest BCUT2D eigenvalue weighted by molar-refractivity contribution is 9.10. The fraction of sp³-hybridized carbons (Fsp3) is 0.615. The number of pyridine rings is 1. The summed E-state index contributed by atoms with van der Waals surface area (Å²) in [6.07, 6.45) is 1.40. The van der Waals surface area contributed by atoms with E-state index in [4.69, 9.17) is 0 Å². The standard InChI is InChI=1S/C13H16BrF3N2/c1-12(4-2-3-5-12)8-19-11-10(13(15,16)17)6-9(14)7-18-11/h6-7H,2-5,8H2,1H3,(H,18,19). The first kappa shape index (κ1) is 14.6. The largest absolute Gasteiger partial charge is 0.419 e. The van der Waals surface area contributed by atoms with Crippen molar-refractivity contribution in [3.05, 3.63) is 22.3 Å². The van der Waals surface area contributed by atoms with Gasteiger partial charge in [-0.15, -0.1) is 0 Å². The summed E-state index contributed by atoms with van der Waals surface area (Å²) < 4.78 is 39.1. The predicted octanol–water partition coefficient (Wildman–Crippen LogP) is 4.86. The number of anilines is 1. The first-order valence-corrected chi connectivity index (χ1v) is 7.06. The molecule has 1 fully saturated rings. The molecule has 0 saturated heterocycles. The van der Waals surface area contributed by atoms with Gasteiger partial charge in [0.2, 0.25) is 0 Å². The van der Waals surface area contributed by atoms with E-state index < -0.39 is 11.7 Å². The molecule has 0 aliphatic heterocycles. The van der Waals surface area contributed by atoms with E-state index in [2.05, 4.69) is 33.2 Å². The Balaban J connectivity index is 2.16. The van der Waals surface area contributed by atoms with Crippen molar-refractivity contribution in [2.45, 2.75) is 38.8 Å². The van der Waals surface area contributed by atoms with Crippen molar-refractivity contribution in [1.29, 1.82) is 0 Å². The molecule has 0 amide bonds. The maximum atomic E-state index is 12.9. The Bertz CT molecular complexity index is 454. The van der Waals surface area contributed by atoms with Gasteiger partial charge >= 0.3 is 6.18 Å². The van der Waals surface area contributed by atoms with Gasteiger partial charge in [-0.05, 0) is 40.3 Å². The Morgan fingerprint density at radius 3 is 2.58 bits per heavy atom. The van der Waals surface area contributed by atoms with Crippen molar-refractivity contribution in [1.82, 2.24) is 4.98 Å². The van der Waals surface area contributed by atoms with Gasteiger partial charge in [0.05, 0.1) is 5.56 Å². The number of nitrogens with zero attached hydrogens (tertiary/aromatic N) is 1. The highest BCUT2D eigenvalue weighted by atomic mass is 79.9. The second-order valence-corrected chi connectivity index (χ2v) is 6.33. The summed E-state index contributed by atoms with van der Waals surface area (Å²) in [5.74, 6) is -0.0798. The van der Waals surface area contributed by atoms with Gasteiger partial charge in [-0.1, -0.05) is 19.8 Å². The third-order valence-corrected chi connectivity index (χ3v) is 4.09. The lowest BCUT2D eigenvalue weighted by atomic mass is 9.89. The molecule has 19 heavy (non-hydrogen) atoms. The lowest BCUT2D eigenvalue weighted by molar-refractivity contribution is -0.137. The Morgan fingerprint density at radius 2 is 2.00 bits per heavy atom. The third-order valence-electron chi connectivity index (χ3n) is 3.65. The number of nitrogens with one attached hydrogen (secondary N) is 1. The van der Waals surface area contributed by atoms with Crippen LogP contribution in [-0.4, -0.2) is 11.5 Å². The van der Waals surface area contributed by atoms with E-state index in [1.165, 1.54) is 6.20 Å². The molecule has 0 aromatic carbocycles. The van der Waals surface area contributed by atoms with Gasteiger partial charge in [0.15, 0.2) is 0 Å². The molecule has 0 radical (unpaired) electrons. The Kier molecular flexibility index (Phi) is 4.08. The number of halogens is 4. The topological polar surface area (TPSA) is 24.9 Å². The van der Waals surface area contributed by atoms with Crippen LogP contribution in [0.3, 0.4) is 0 Å². The van der Waals surface area contributed by atoms with Crippen LogP contribution in [0.25, 0.3) is 0 Å². The number of aromatic nitrogens is 1. The van der Waals surface area contributed by atoms with Gasteiger partial charge < -0.3 is 5.32 Å². The zero-order valence-electron chi connectivity index (χ0n) is 10.6. The molecule has 106 valence electrons. The Labute approximate surface area is 118 Å². The second-order valence-electron chi connectivity index (χ2n) is 5.42. The number of alkyl halides is 3. The van der Waals surface area contributed by atoms with E-state index in [9.17, 15) is 13.2 Å². The smallest absolute Gasteiger partial charge is 0.369 e. The summed E-state index contributed by atoms with van der Waals surface area (Å²) in [4.78, 5) is 3.86. The van der Waals surface area contributed by atoms with Crippen LogP contribution in [0.1, 0.15) is 38.2 Å². The van der Waals surface area contributed by atoms with E-state index >= 15 is 0 Å². The molecule has 0 unspecified atom stereocenters. The summed E-state index contributed by atoms with van der Waals surface area (Å²) in [5, 5.41) is 2.88. The molecule has 0 bridgehead atoms. The monoisotopic (exact) mass is 336 g/mol. The first-order valence-electron chi connectivity index (χ1n) is 6.27. The van der Waals surface area contributed by atoms with Gasteiger partial charge in [0, 0.05) is 17.2 Å². The van der Waals surface area contributed by atoms with Crippen molar-refractivity contribution in [2.24, 2.45) is 5.41 Å². The molecular weight excluding hydrogens is 321 g/mol. The Hall–Kier alpha value is -0.780. The van der Waals surface area contributed by atoms with Gasteiger partial charge in [-0.25, -0.2) is 4.98 Å². The molecule has 1 N–H and O–H groups in total. The zero-order valence-corrected chi connectivity index (χ0v) is 12.2. The van der Waals surface area contributed by atoms with Gasteiger partial charge in [0.1, 0.15) is 5.82 Å². The maximum absolute atomic E-state index is 12.9. The van der Waals surface area contributed by atoms with Crippen molar-refractivity contribution < 1.29 is 13.2 Å². The SMILES string of the molecule is CC1(CNc2ncc(Br)cc2C(F)(F)F)CCCC1. The van der Waals surface area contributed by atoms with Gasteiger partial charge in [-0.3, -0.25) is 0 Å². The fourth-order valence-corrected chi connectivity index (χ4v) is 2.83. The molecule has 1 saturated carbocycles. The van der Waals surface area contributed by atoms with Gasteiger partial charge in [0.25, 0.3) is 0 Å². The highest BCUT2D eigenvalue weighted by Gasteiger charge is 2.35. The molecule has 1 heterocycles. The van der Waals surface area contributed by atoms with Crippen LogP contribution in [0.2, 0.25) is 0 Å². The van der Waals surface area contributed by atoms with Crippen LogP contribution < -0.4 is 5.32 Å². The van der Waals surface area contributed by atoms with E-state index in [0.29, 0.717) is 11.0 Å². The van der Waals surface area contributed by atoms with Crippen LogP contribution in [-0.2, 0) is 6.18 Å². The minimum atomic E-state index is -4.39. The van der Waals surface area contributed by atoms with E-state index in [-0.39, 0.29) is 11.2 Å². The minimum absolute atomic E-state index is 0.0798. The average Bonchev–Trinajstić information content (AvgIpc) is 2.74. The summed E-state index contributed by atoms with van der Waals surface area (Å²) >= 11 is 3.03. The summed E-state index contributed by atoms with van der Waals surface area (Å²) in [7, 11) is 0. The third kappa shape index (κ3) is 3.61. The number of hydrogen-bond acceptors (Lipinski definition) is 2. The van der Waals surface area contributed by atoms with Crippen LogP contribution in [0.4, 0.5) is 19.0 Å². The summed E-state index contributed by atoms with van der Waals surface area (Å²) in [6, 6.07) is 1.06. The predicted molar refractivity (Wildman–Crippen MR) is 72.0 cm³/mol. The molecule has 2 nitrogen and oxygen atoms in total. The molecule has 6 heteroatoms. The summed E-state index contributed by atoms with van der Waals surface area (Å²) in [6.45, 7) is 2.64. The fourth-order valence-electron chi connectivity index (χ4n) is 2.50. The molecule has 0 spiro atoms. The molecule has 1 aromatic heterocycles. The van der Waals surface area contributed by atoms with Crippen LogP contribution in [0.5, 0.6) is 0 Å². The zero-order chi connectivity index (χ0) is 14.1. The number of hydrogen-bond donors (Lipinski definition) is 1. The van der Waals surface area contributed by atoms with Crippen LogP contribution in [0, 0.1) is 5.41 Å². The van der Waals surface area contributed by atoms with E-state index in [1.807, 2.05) is 0 Å². The van der Waals surface area contributed by atoms with E-state index in [1.54, 1.807) is 0 Å². The van der Waals surface area contributed by atoms with E-state index in [0.717, 1.165) is 31.7 Å². The molecule has 1 aliphatic carbocycles. The highest BCUT2D eigenvalue weighted by Crippen LogP contribution is 2.39. The van der Waals surface area contributed by atoms with Crippen molar-refractivity contribution >= 4 is 21.7 Å². The average molecular weight is 337 g/mol.